The summed E-state index contributed by atoms with van der Waals surface area (Å²) in [5, 5.41) is 6.62. The van der Waals surface area contributed by atoms with Crippen LogP contribution in [0.3, 0.4) is 0 Å². The second kappa shape index (κ2) is 9.03. The number of nitrogens with one attached hydrogen (secondary N) is 3. The lowest BCUT2D eigenvalue weighted by Crippen LogP contribution is -2.55. The Morgan fingerprint density at radius 2 is 1.50 bits per heavy atom. The highest BCUT2D eigenvalue weighted by Gasteiger charge is 2.29. The topological polar surface area (TPSA) is 90.5 Å². The van der Waals surface area contributed by atoms with Gasteiger partial charge in [0.15, 0.2) is 0 Å². The summed E-state index contributed by atoms with van der Waals surface area (Å²) < 4.78 is 0. The molecule has 0 saturated heterocycles. The molecule has 0 aliphatic heterocycles. The van der Waals surface area contributed by atoms with Crippen LogP contribution in [0.1, 0.15) is 48.4 Å². The predicted octanol–water partition coefficient (Wildman–Crippen LogP) is 3.41. The zero-order valence-electron chi connectivity index (χ0n) is 16.6. The van der Waals surface area contributed by atoms with Crippen molar-refractivity contribution in [1.82, 2.24) is 15.8 Å². The normalized spacial score (nSPS) is 10.7. The SMILES string of the molecule is CCNC(=O)Nc1ccc(C(=O)NN(C(=O)c2ccccc2)C(C)(C)C)cc1. The molecule has 2 rings (SSSR count). The van der Waals surface area contributed by atoms with E-state index in [0.29, 0.717) is 23.4 Å². The molecule has 0 radical (unpaired) electrons. The Balaban J connectivity index is 2.13. The molecule has 0 bridgehead atoms. The highest BCUT2D eigenvalue weighted by molar-refractivity contribution is 5.99. The van der Waals surface area contributed by atoms with Crippen molar-refractivity contribution in [1.29, 1.82) is 0 Å². The van der Waals surface area contributed by atoms with Gasteiger partial charge in [-0.2, -0.15) is 0 Å². The van der Waals surface area contributed by atoms with Gasteiger partial charge in [-0.25, -0.2) is 9.80 Å². The molecule has 0 atom stereocenters. The maximum Gasteiger partial charge on any atom is 0.319 e. The third-order valence-electron chi connectivity index (χ3n) is 3.85. The largest absolute Gasteiger partial charge is 0.338 e. The van der Waals surface area contributed by atoms with E-state index in [4.69, 9.17) is 0 Å². The molecule has 0 unspecified atom stereocenters. The van der Waals surface area contributed by atoms with Crippen LogP contribution in [0.5, 0.6) is 0 Å². The molecule has 0 spiro atoms. The minimum absolute atomic E-state index is 0.295. The maximum absolute atomic E-state index is 12.9. The van der Waals surface area contributed by atoms with Crippen LogP contribution in [0.25, 0.3) is 0 Å². The summed E-state index contributed by atoms with van der Waals surface area (Å²) in [5.41, 5.74) is 3.50. The molecule has 0 aromatic heterocycles. The van der Waals surface area contributed by atoms with Gasteiger partial charge < -0.3 is 10.6 Å². The number of hydrogen-bond donors (Lipinski definition) is 3. The van der Waals surface area contributed by atoms with Gasteiger partial charge in [0, 0.05) is 23.4 Å². The third-order valence-corrected chi connectivity index (χ3v) is 3.85. The van der Waals surface area contributed by atoms with E-state index in [9.17, 15) is 14.4 Å². The summed E-state index contributed by atoms with van der Waals surface area (Å²) in [6.45, 7) is 7.86. The molecule has 3 N–H and O–H groups in total. The molecule has 0 aliphatic rings. The number of carbonyl (C=O) groups excluding carboxylic acids is 3. The summed E-state index contributed by atoms with van der Waals surface area (Å²) in [6.07, 6.45) is 0. The molecule has 148 valence electrons. The summed E-state index contributed by atoms with van der Waals surface area (Å²) in [4.78, 5) is 37.1. The van der Waals surface area contributed by atoms with Gasteiger partial charge in [-0.15, -0.1) is 0 Å². The molecule has 0 fully saturated rings. The number of benzene rings is 2. The first-order valence-electron chi connectivity index (χ1n) is 9.08. The average molecular weight is 382 g/mol. The van der Waals surface area contributed by atoms with E-state index in [1.807, 2.05) is 33.8 Å². The summed E-state index contributed by atoms with van der Waals surface area (Å²) in [7, 11) is 0. The molecule has 4 amide bonds. The van der Waals surface area contributed by atoms with Gasteiger partial charge in [0.05, 0.1) is 5.54 Å². The van der Waals surface area contributed by atoms with Gasteiger partial charge in [-0.3, -0.25) is 15.0 Å². The monoisotopic (exact) mass is 382 g/mol. The summed E-state index contributed by atoms with van der Waals surface area (Å²) in [5.74, 6) is -0.709. The fraction of sp³-hybridized carbons (Fsp3) is 0.286. The van der Waals surface area contributed by atoms with Crippen LogP contribution in [0.2, 0.25) is 0 Å². The molecular formula is C21H26N4O3. The Kier molecular flexibility index (Phi) is 6.76. The van der Waals surface area contributed by atoms with Gasteiger partial charge in [-0.05, 0) is 64.1 Å². The number of urea groups is 1. The van der Waals surface area contributed by atoms with Crippen molar-refractivity contribution in [2.24, 2.45) is 0 Å². The number of hydrazine groups is 1. The Labute approximate surface area is 165 Å². The van der Waals surface area contributed by atoms with Crippen LogP contribution >= 0.6 is 0 Å². The van der Waals surface area contributed by atoms with Gasteiger partial charge in [0.25, 0.3) is 11.8 Å². The summed E-state index contributed by atoms with van der Waals surface area (Å²) >= 11 is 0. The van der Waals surface area contributed by atoms with Crippen molar-refractivity contribution in [3.63, 3.8) is 0 Å². The molecule has 0 aliphatic carbocycles. The Morgan fingerprint density at radius 3 is 2.04 bits per heavy atom. The number of hydrogen-bond acceptors (Lipinski definition) is 3. The number of amides is 4. The van der Waals surface area contributed by atoms with E-state index in [1.54, 1.807) is 48.5 Å². The van der Waals surface area contributed by atoms with Gasteiger partial charge >= 0.3 is 6.03 Å². The molecule has 0 heterocycles. The maximum atomic E-state index is 12.9. The van der Waals surface area contributed by atoms with E-state index in [-0.39, 0.29) is 11.9 Å². The smallest absolute Gasteiger partial charge is 0.319 e. The minimum atomic E-state index is -0.623. The first kappa shape index (κ1) is 21.0. The van der Waals surface area contributed by atoms with Gasteiger partial charge in [-0.1, -0.05) is 18.2 Å². The second-order valence-corrected chi connectivity index (χ2v) is 7.18. The number of rotatable bonds is 4. The average Bonchev–Trinajstić information content (AvgIpc) is 2.66. The molecule has 0 saturated carbocycles. The lowest BCUT2D eigenvalue weighted by molar-refractivity contribution is 0.0358. The lowest BCUT2D eigenvalue weighted by atomic mass is 10.1. The van der Waals surface area contributed by atoms with Crippen LogP contribution < -0.4 is 16.1 Å². The van der Waals surface area contributed by atoms with Crippen molar-refractivity contribution in [3.05, 3.63) is 65.7 Å². The number of anilines is 1. The van der Waals surface area contributed by atoms with E-state index in [2.05, 4.69) is 16.1 Å². The lowest BCUT2D eigenvalue weighted by Gasteiger charge is -2.35. The van der Waals surface area contributed by atoms with E-state index in [0.717, 1.165) is 0 Å². The van der Waals surface area contributed by atoms with E-state index in [1.165, 1.54) is 5.01 Å². The fourth-order valence-corrected chi connectivity index (χ4v) is 2.44. The van der Waals surface area contributed by atoms with Crippen molar-refractivity contribution in [2.75, 3.05) is 11.9 Å². The first-order valence-corrected chi connectivity index (χ1v) is 9.08. The Morgan fingerprint density at radius 1 is 0.893 bits per heavy atom. The predicted molar refractivity (Wildman–Crippen MR) is 109 cm³/mol. The molecule has 7 heteroatoms. The van der Waals surface area contributed by atoms with Crippen molar-refractivity contribution >= 4 is 23.5 Å². The fourth-order valence-electron chi connectivity index (χ4n) is 2.44. The molecule has 2 aromatic carbocycles. The minimum Gasteiger partial charge on any atom is -0.338 e. The first-order chi connectivity index (χ1) is 13.2. The van der Waals surface area contributed by atoms with Crippen molar-refractivity contribution < 1.29 is 14.4 Å². The van der Waals surface area contributed by atoms with Gasteiger partial charge in [0.2, 0.25) is 0 Å². The van der Waals surface area contributed by atoms with Crippen LogP contribution in [0.15, 0.2) is 54.6 Å². The number of carbonyl (C=O) groups is 3. The highest BCUT2D eigenvalue weighted by Crippen LogP contribution is 2.16. The highest BCUT2D eigenvalue weighted by atomic mass is 16.2. The summed E-state index contributed by atoms with van der Waals surface area (Å²) in [6, 6.07) is 14.9. The second-order valence-electron chi connectivity index (χ2n) is 7.18. The van der Waals surface area contributed by atoms with Gasteiger partial charge in [0.1, 0.15) is 0 Å². The molecular weight excluding hydrogens is 356 g/mol. The van der Waals surface area contributed by atoms with Crippen molar-refractivity contribution in [2.45, 2.75) is 33.2 Å². The Hall–Kier alpha value is -3.35. The van der Waals surface area contributed by atoms with Crippen LogP contribution in [-0.4, -0.2) is 34.9 Å². The molecule has 2 aromatic rings. The standard InChI is InChI=1S/C21H26N4O3/c1-5-22-20(28)23-17-13-11-15(12-14-17)18(26)24-25(21(2,3)4)19(27)16-9-7-6-8-10-16/h6-14H,5H2,1-4H3,(H,24,26)(H2,22,23,28). The van der Waals surface area contributed by atoms with Crippen LogP contribution in [-0.2, 0) is 0 Å². The van der Waals surface area contributed by atoms with Crippen molar-refractivity contribution in [3.8, 4) is 0 Å². The quantitative estimate of drug-likeness (QED) is 0.708. The third kappa shape index (κ3) is 5.57. The van der Waals surface area contributed by atoms with Crippen LogP contribution in [0.4, 0.5) is 10.5 Å². The van der Waals surface area contributed by atoms with E-state index >= 15 is 0 Å². The molecule has 28 heavy (non-hydrogen) atoms. The van der Waals surface area contributed by atoms with Crippen LogP contribution in [0, 0.1) is 0 Å². The molecule has 7 nitrogen and oxygen atoms in total. The zero-order chi connectivity index (χ0) is 20.7. The zero-order valence-corrected chi connectivity index (χ0v) is 16.6. The van der Waals surface area contributed by atoms with E-state index < -0.39 is 11.4 Å². The number of nitrogens with zero attached hydrogens (tertiary/aromatic N) is 1. The Bertz CT molecular complexity index is 827.